The van der Waals surface area contributed by atoms with Crippen molar-refractivity contribution in [1.29, 1.82) is 0 Å². The van der Waals surface area contributed by atoms with Crippen molar-refractivity contribution < 1.29 is 61.3 Å². The number of rotatable bonds is 11. The van der Waals surface area contributed by atoms with Gasteiger partial charge in [0.15, 0.2) is 0 Å². The molecule has 0 saturated heterocycles. The number of hydrogen-bond donors (Lipinski definition) is 12. The predicted molar refractivity (Wildman–Crippen MR) is 156 cm³/mol. The zero-order valence-electron chi connectivity index (χ0n) is 24.4. The zero-order valence-corrected chi connectivity index (χ0v) is 24.4. The van der Waals surface area contributed by atoms with Gasteiger partial charge in [-0.15, -0.1) is 0 Å². The fourth-order valence-electron chi connectivity index (χ4n) is 6.60. The van der Waals surface area contributed by atoms with E-state index in [0.717, 1.165) is 0 Å². The summed E-state index contributed by atoms with van der Waals surface area (Å²) in [5.41, 5.74) is 0. The average Bonchev–Trinajstić information content (AvgIpc) is 3.00. The molecule has 0 bridgehead atoms. The highest BCUT2D eigenvalue weighted by Crippen LogP contribution is 2.29. The van der Waals surface area contributed by atoms with Crippen molar-refractivity contribution in [2.45, 2.75) is 123 Å². The van der Waals surface area contributed by atoms with Crippen LogP contribution in [-0.4, -0.2) is 182 Å². The Balaban J connectivity index is 1.41. The van der Waals surface area contributed by atoms with E-state index in [1.54, 1.807) is 34.1 Å². The minimum absolute atomic E-state index is 0.315. The van der Waals surface area contributed by atoms with Crippen LogP contribution in [0.5, 0.6) is 0 Å². The van der Waals surface area contributed by atoms with Crippen molar-refractivity contribution in [1.82, 2.24) is 9.80 Å². The molecule has 0 aromatic rings. The molecule has 0 radical (unpaired) electrons. The maximum absolute atomic E-state index is 10.7. The van der Waals surface area contributed by atoms with Gasteiger partial charge in [0.25, 0.3) is 0 Å². The van der Waals surface area contributed by atoms with E-state index in [0.29, 0.717) is 38.8 Å². The molecule has 14 heteroatoms. The molecule has 0 spiro atoms. The third kappa shape index (κ3) is 7.51. The van der Waals surface area contributed by atoms with Crippen LogP contribution >= 0.6 is 0 Å². The molecule has 14 nitrogen and oxygen atoms in total. The Morgan fingerprint density at radius 2 is 0.523 bits per heavy atom. The molecule has 12 N–H and O–H groups in total. The summed E-state index contributed by atoms with van der Waals surface area (Å²) in [6.45, 7) is 0.631. The minimum Gasteiger partial charge on any atom is -0.388 e. The Kier molecular flexibility index (Phi) is 12.3. The Bertz CT molecular complexity index is 891. The first-order valence-corrected chi connectivity index (χ1v) is 15.3. The van der Waals surface area contributed by atoms with Gasteiger partial charge in [-0.3, -0.25) is 9.80 Å². The van der Waals surface area contributed by atoms with Gasteiger partial charge < -0.3 is 61.3 Å². The molecule has 0 aliphatic heterocycles. The van der Waals surface area contributed by atoms with Gasteiger partial charge in [0.2, 0.25) is 0 Å². The molecule has 0 fully saturated rings. The first-order chi connectivity index (χ1) is 20.8. The normalized spacial score (nSPS) is 45.9. The lowest BCUT2D eigenvalue weighted by Crippen LogP contribution is -2.61. The van der Waals surface area contributed by atoms with Crippen molar-refractivity contribution in [3.05, 3.63) is 48.6 Å². The molecule has 250 valence electrons. The van der Waals surface area contributed by atoms with Gasteiger partial charge >= 0.3 is 0 Å². The molecular weight excluding hydrogens is 580 g/mol. The molecule has 0 amide bonds. The lowest BCUT2D eigenvalue weighted by molar-refractivity contribution is -0.110. The second-order valence-electron chi connectivity index (χ2n) is 12.3. The maximum Gasteiger partial charge on any atom is 0.111 e. The largest absolute Gasteiger partial charge is 0.388 e. The average molecular weight is 629 g/mol. The van der Waals surface area contributed by atoms with E-state index in [4.69, 9.17) is 0 Å². The second kappa shape index (κ2) is 15.3. The zero-order chi connectivity index (χ0) is 32.3. The Morgan fingerprint density at radius 3 is 0.750 bits per heavy atom. The van der Waals surface area contributed by atoms with Crippen molar-refractivity contribution in [3.8, 4) is 0 Å². The minimum atomic E-state index is -1.45. The summed E-state index contributed by atoms with van der Waals surface area (Å²) in [5.74, 6) is 0. The molecule has 4 rings (SSSR count). The van der Waals surface area contributed by atoms with Gasteiger partial charge in [0.05, 0.1) is 24.2 Å². The Hall–Kier alpha value is -1.60. The molecule has 0 aromatic heterocycles. The quantitative estimate of drug-likeness (QED) is 0.0759. The van der Waals surface area contributed by atoms with Crippen LogP contribution in [0.1, 0.15) is 25.7 Å². The third-order valence-corrected chi connectivity index (χ3v) is 9.34. The maximum atomic E-state index is 10.7. The fourth-order valence-corrected chi connectivity index (χ4v) is 6.60. The van der Waals surface area contributed by atoms with Crippen LogP contribution in [0.25, 0.3) is 0 Å². The Morgan fingerprint density at radius 1 is 0.295 bits per heavy atom. The van der Waals surface area contributed by atoms with E-state index in [2.05, 4.69) is 0 Å². The van der Waals surface area contributed by atoms with Crippen LogP contribution in [0, 0.1) is 0 Å². The van der Waals surface area contributed by atoms with Crippen LogP contribution in [0.15, 0.2) is 48.6 Å². The smallest absolute Gasteiger partial charge is 0.111 e. The molecule has 44 heavy (non-hydrogen) atoms. The lowest BCUT2D eigenvalue weighted by Gasteiger charge is -2.45. The molecule has 4 aliphatic rings. The number of aliphatic hydroxyl groups excluding tert-OH is 12. The highest BCUT2D eigenvalue weighted by Gasteiger charge is 2.44. The fraction of sp³-hybridized carbons (Fsp3) is 0.733. The van der Waals surface area contributed by atoms with Crippen LogP contribution in [0.3, 0.4) is 0 Å². The number of aliphatic hydroxyl groups is 12. The van der Waals surface area contributed by atoms with Crippen LogP contribution in [0.2, 0.25) is 0 Å². The lowest BCUT2D eigenvalue weighted by atomic mass is 9.87. The van der Waals surface area contributed by atoms with E-state index in [-0.39, 0.29) is 0 Å². The third-order valence-electron chi connectivity index (χ3n) is 9.34. The first-order valence-electron chi connectivity index (χ1n) is 15.3. The molecular formula is C30H48N2O12. The van der Waals surface area contributed by atoms with Gasteiger partial charge in [0.1, 0.15) is 73.2 Å². The monoisotopic (exact) mass is 628 g/mol. The summed E-state index contributed by atoms with van der Waals surface area (Å²) in [7, 11) is 0. The van der Waals surface area contributed by atoms with Gasteiger partial charge in [0, 0.05) is 0 Å². The standard InChI is InChI=1S/C30H48N2O12/c33-19-9-5-15(23(37)27(19)41)31(16-6-10-20(34)28(42)24(16)38)13-3-1-2-4-14-32(17-7-11-21(35)29(43)25(17)39)18-8-12-22(36)30(44)26(18)40/h5-12,15-30,33-44H,1-4,13-14H2/t15-,16-,17-,18-,19+,20+,21+,22+,23+,24+,25+,26+,27+,28+,29+,30+/m0/s1. The van der Waals surface area contributed by atoms with Crippen LogP contribution in [0.4, 0.5) is 0 Å². The predicted octanol–water partition coefficient (Wildman–Crippen LogP) is -4.76. The van der Waals surface area contributed by atoms with Crippen molar-refractivity contribution >= 4 is 0 Å². The summed E-state index contributed by atoms with van der Waals surface area (Å²) in [6.07, 6.45) is -2.30. The highest BCUT2D eigenvalue weighted by molar-refractivity contribution is 5.19. The van der Waals surface area contributed by atoms with Crippen LogP contribution < -0.4 is 0 Å². The summed E-state index contributed by atoms with van der Waals surface area (Å²) in [5, 5.41) is 124. The van der Waals surface area contributed by atoms with Crippen molar-refractivity contribution in [3.63, 3.8) is 0 Å². The summed E-state index contributed by atoms with van der Waals surface area (Å²) >= 11 is 0. The van der Waals surface area contributed by atoms with E-state index in [1.807, 2.05) is 0 Å². The molecule has 0 saturated carbocycles. The van der Waals surface area contributed by atoms with Gasteiger partial charge in [-0.25, -0.2) is 0 Å². The van der Waals surface area contributed by atoms with Gasteiger partial charge in [-0.1, -0.05) is 61.4 Å². The van der Waals surface area contributed by atoms with E-state index < -0.39 is 97.4 Å². The SMILES string of the molecule is O[C@H]1[C@H](O)[C@@H](N(CCCCCCN([C@H]2C=C[C@@H](O)[C@@H](O)[C@@H]2O)[C@H]2C=C[C@@H](O)[C@@H](O)[C@@H]2O)[C@H]2C=C[C@@H](O)[C@@H](O)[C@@H]2O)C=C[C@H]1O. The molecule has 4 aliphatic carbocycles. The van der Waals surface area contributed by atoms with Crippen molar-refractivity contribution in [2.75, 3.05) is 13.1 Å². The topological polar surface area (TPSA) is 249 Å². The van der Waals surface area contributed by atoms with Gasteiger partial charge in [-0.2, -0.15) is 0 Å². The number of hydrogen-bond acceptors (Lipinski definition) is 14. The number of unbranched alkanes of at least 4 members (excludes halogenated alkanes) is 3. The van der Waals surface area contributed by atoms with Crippen LogP contribution in [-0.2, 0) is 0 Å². The van der Waals surface area contributed by atoms with E-state index in [9.17, 15) is 61.3 Å². The highest BCUT2D eigenvalue weighted by atomic mass is 16.4. The Labute approximate surface area is 256 Å². The summed E-state index contributed by atoms with van der Waals surface area (Å²) in [4.78, 5) is 3.43. The summed E-state index contributed by atoms with van der Waals surface area (Å²) < 4.78 is 0. The second-order valence-corrected chi connectivity index (χ2v) is 12.3. The number of nitrogens with zero attached hydrogens (tertiary/aromatic N) is 2. The van der Waals surface area contributed by atoms with E-state index >= 15 is 0 Å². The van der Waals surface area contributed by atoms with Crippen molar-refractivity contribution in [2.24, 2.45) is 0 Å². The summed E-state index contributed by atoms with van der Waals surface area (Å²) in [6, 6.07) is -3.17. The van der Waals surface area contributed by atoms with E-state index in [1.165, 1.54) is 24.3 Å². The molecule has 16 atom stereocenters. The molecule has 0 unspecified atom stereocenters. The molecule has 0 heterocycles. The first kappa shape index (κ1) is 35.3. The molecule has 0 aromatic carbocycles. The van der Waals surface area contributed by atoms with Gasteiger partial charge in [-0.05, 0) is 25.9 Å².